The number of halogens is 1. The minimum absolute atomic E-state index is 0.0170. The Balaban J connectivity index is 2.91. The van der Waals surface area contributed by atoms with Crippen LogP contribution in [0.25, 0.3) is 0 Å². The molecule has 4 nitrogen and oxygen atoms in total. The van der Waals surface area contributed by atoms with Crippen LogP contribution in [0.5, 0.6) is 5.75 Å². The number of hydrogen-bond donors (Lipinski definition) is 3. The molecule has 0 unspecified atom stereocenters. The van der Waals surface area contributed by atoms with Gasteiger partial charge in [-0.25, -0.2) is 0 Å². The molecule has 0 aromatic heterocycles. The SMILES string of the molecule is CCO[C@@H](CCO)[C@@H](O)c1cc(Br)ccc1O. The maximum absolute atomic E-state index is 10.1. The van der Waals surface area contributed by atoms with Crippen LogP contribution in [-0.2, 0) is 4.74 Å². The molecule has 2 atom stereocenters. The largest absolute Gasteiger partial charge is 0.508 e. The minimum atomic E-state index is -0.959. The summed E-state index contributed by atoms with van der Waals surface area (Å²) >= 11 is 3.28. The van der Waals surface area contributed by atoms with E-state index in [4.69, 9.17) is 9.84 Å². The third-order valence-electron chi connectivity index (χ3n) is 2.45. The number of rotatable bonds is 6. The Morgan fingerprint density at radius 1 is 1.41 bits per heavy atom. The number of benzene rings is 1. The van der Waals surface area contributed by atoms with Gasteiger partial charge in [-0.1, -0.05) is 15.9 Å². The highest BCUT2D eigenvalue weighted by Gasteiger charge is 2.23. The molecular weight excluding hydrogens is 288 g/mol. The molecule has 0 saturated carbocycles. The van der Waals surface area contributed by atoms with Crippen molar-refractivity contribution < 1.29 is 20.1 Å². The van der Waals surface area contributed by atoms with E-state index in [9.17, 15) is 10.2 Å². The van der Waals surface area contributed by atoms with E-state index in [1.165, 1.54) is 6.07 Å². The first-order valence-electron chi connectivity index (χ1n) is 5.49. The van der Waals surface area contributed by atoms with Crippen molar-refractivity contribution in [2.24, 2.45) is 0 Å². The molecule has 0 bridgehead atoms. The molecule has 0 heterocycles. The molecular formula is C12H17BrO4. The molecule has 1 aromatic rings. The Morgan fingerprint density at radius 3 is 2.71 bits per heavy atom. The molecule has 0 aliphatic heterocycles. The smallest absolute Gasteiger partial charge is 0.121 e. The van der Waals surface area contributed by atoms with E-state index in [-0.39, 0.29) is 12.4 Å². The fourth-order valence-electron chi connectivity index (χ4n) is 1.64. The van der Waals surface area contributed by atoms with Crippen LogP contribution < -0.4 is 0 Å². The first kappa shape index (κ1) is 14.4. The summed E-state index contributed by atoms with van der Waals surface area (Å²) in [7, 11) is 0. The van der Waals surface area contributed by atoms with Crippen LogP contribution in [0, 0.1) is 0 Å². The van der Waals surface area contributed by atoms with Crippen molar-refractivity contribution in [2.45, 2.75) is 25.6 Å². The van der Waals surface area contributed by atoms with E-state index in [1.54, 1.807) is 12.1 Å². The second kappa shape index (κ2) is 6.96. The molecule has 0 aliphatic carbocycles. The highest BCUT2D eigenvalue weighted by Crippen LogP contribution is 2.31. The van der Waals surface area contributed by atoms with E-state index in [2.05, 4.69) is 15.9 Å². The van der Waals surface area contributed by atoms with Gasteiger partial charge in [-0.05, 0) is 31.5 Å². The predicted octanol–water partition coefficient (Wildman–Crippen LogP) is 1.98. The van der Waals surface area contributed by atoms with Gasteiger partial charge in [-0.15, -0.1) is 0 Å². The number of phenolic OH excluding ortho intramolecular Hbond substituents is 1. The lowest BCUT2D eigenvalue weighted by Crippen LogP contribution is -2.23. The molecule has 96 valence electrons. The second-order valence-electron chi connectivity index (χ2n) is 3.65. The van der Waals surface area contributed by atoms with Gasteiger partial charge in [0.05, 0.1) is 6.10 Å². The molecule has 1 rings (SSSR count). The molecule has 0 amide bonds. The van der Waals surface area contributed by atoms with Crippen LogP contribution in [0.2, 0.25) is 0 Å². The molecule has 0 aliphatic rings. The summed E-state index contributed by atoms with van der Waals surface area (Å²) in [5, 5.41) is 28.7. The van der Waals surface area contributed by atoms with E-state index >= 15 is 0 Å². The van der Waals surface area contributed by atoms with Crippen molar-refractivity contribution in [3.63, 3.8) is 0 Å². The zero-order chi connectivity index (χ0) is 12.8. The van der Waals surface area contributed by atoms with Gasteiger partial charge in [-0.2, -0.15) is 0 Å². The molecule has 5 heteroatoms. The third kappa shape index (κ3) is 3.96. The Labute approximate surface area is 109 Å². The van der Waals surface area contributed by atoms with E-state index in [0.29, 0.717) is 18.6 Å². The van der Waals surface area contributed by atoms with Crippen molar-refractivity contribution >= 4 is 15.9 Å². The summed E-state index contributed by atoms with van der Waals surface area (Å²) in [6.07, 6.45) is -1.16. The van der Waals surface area contributed by atoms with Gasteiger partial charge in [0.15, 0.2) is 0 Å². The number of aromatic hydroxyl groups is 1. The lowest BCUT2D eigenvalue weighted by atomic mass is 10.0. The first-order chi connectivity index (χ1) is 8.10. The maximum Gasteiger partial charge on any atom is 0.121 e. The standard InChI is InChI=1S/C12H17BrO4/c1-2-17-11(5-6-14)12(16)9-7-8(13)3-4-10(9)15/h3-4,7,11-12,14-16H,2,5-6H2,1H3/t11-,12-/m0/s1. The van der Waals surface area contributed by atoms with E-state index < -0.39 is 12.2 Å². The average Bonchev–Trinajstić information content (AvgIpc) is 2.31. The quantitative estimate of drug-likeness (QED) is 0.751. The van der Waals surface area contributed by atoms with E-state index in [0.717, 1.165) is 4.47 Å². The molecule has 0 fully saturated rings. The number of ether oxygens (including phenoxy) is 1. The molecule has 0 radical (unpaired) electrons. The summed E-state index contributed by atoms with van der Waals surface area (Å²) in [4.78, 5) is 0. The lowest BCUT2D eigenvalue weighted by molar-refractivity contribution is -0.0456. The Bertz CT molecular complexity index is 350. The summed E-state index contributed by atoms with van der Waals surface area (Å²) < 4.78 is 6.12. The van der Waals surface area contributed by atoms with Crippen molar-refractivity contribution in [3.05, 3.63) is 28.2 Å². The van der Waals surface area contributed by atoms with Gasteiger partial charge in [0.1, 0.15) is 11.9 Å². The van der Waals surface area contributed by atoms with E-state index in [1.807, 2.05) is 6.92 Å². The number of aliphatic hydroxyl groups excluding tert-OH is 2. The zero-order valence-corrected chi connectivity index (χ0v) is 11.2. The first-order valence-corrected chi connectivity index (χ1v) is 6.28. The van der Waals surface area contributed by atoms with Crippen LogP contribution in [0.1, 0.15) is 25.0 Å². The molecule has 0 saturated heterocycles. The van der Waals surface area contributed by atoms with Crippen LogP contribution in [0.4, 0.5) is 0 Å². The monoisotopic (exact) mass is 304 g/mol. The fraction of sp³-hybridized carbons (Fsp3) is 0.500. The summed E-state index contributed by atoms with van der Waals surface area (Å²) in [6.45, 7) is 2.19. The van der Waals surface area contributed by atoms with Crippen molar-refractivity contribution in [1.29, 1.82) is 0 Å². The Kier molecular flexibility index (Phi) is 5.91. The fourth-order valence-corrected chi connectivity index (χ4v) is 2.02. The second-order valence-corrected chi connectivity index (χ2v) is 4.57. The average molecular weight is 305 g/mol. The highest BCUT2D eigenvalue weighted by atomic mass is 79.9. The van der Waals surface area contributed by atoms with Gasteiger partial charge < -0.3 is 20.1 Å². The van der Waals surface area contributed by atoms with Crippen LogP contribution in [0.15, 0.2) is 22.7 Å². The topological polar surface area (TPSA) is 69.9 Å². The van der Waals surface area contributed by atoms with Crippen molar-refractivity contribution in [3.8, 4) is 5.75 Å². The zero-order valence-electron chi connectivity index (χ0n) is 9.64. The van der Waals surface area contributed by atoms with Crippen LogP contribution >= 0.6 is 15.9 Å². The molecule has 3 N–H and O–H groups in total. The third-order valence-corrected chi connectivity index (χ3v) is 2.95. The molecule has 1 aromatic carbocycles. The van der Waals surface area contributed by atoms with Gasteiger partial charge >= 0.3 is 0 Å². The predicted molar refractivity (Wildman–Crippen MR) is 67.9 cm³/mol. The van der Waals surface area contributed by atoms with Gasteiger partial charge in [0, 0.05) is 23.2 Å². The number of aliphatic hydroxyl groups is 2. The minimum Gasteiger partial charge on any atom is -0.508 e. The molecule has 17 heavy (non-hydrogen) atoms. The summed E-state index contributed by atoms with van der Waals surface area (Å²) in [5.74, 6) is 0.0170. The van der Waals surface area contributed by atoms with Crippen molar-refractivity contribution in [1.82, 2.24) is 0 Å². The van der Waals surface area contributed by atoms with Crippen LogP contribution in [-0.4, -0.2) is 34.6 Å². The van der Waals surface area contributed by atoms with Gasteiger partial charge in [-0.3, -0.25) is 0 Å². The highest BCUT2D eigenvalue weighted by molar-refractivity contribution is 9.10. The Morgan fingerprint density at radius 2 is 2.12 bits per heavy atom. The number of phenols is 1. The maximum atomic E-state index is 10.1. The van der Waals surface area contributed by atoms with Crippen LogP contribution in [0.3, 0.4) is 0 Å². The summed E-state index contributed by atoms with van der Waals surface area (Å²) in [5.41, 5.74) is 0.395. The van der Waals surface area contributed by atoms with Gasteiger partial charge in [0.2, 0.25) is 0 Å². The molecule has 0 spiro atoms. The summed E-state index contributed by atoms with van der Waals surface area (Å²) in [6, 6.07) is 4.83. The number of hydrogen-bond acceptors (Lipinski definition) is 4. The lowest BCUT2D eigenvalue weighted by Gasteiger charge is -2.23. The normalized spacial score (nSPS) is 14.6. The van der Waals surface area contributed by atoms with Gasteiger partial charge in [0.25, 0.3) is 0 Å². The Hall–Kier alpha value is -0.620. The van der Waals surface area contributed by atoms with Crippen molar-refractivity contribution in [2.75, 3.05) is 13.2 Å².